The molecule has 6 nitrogen and oxygen atoms in total. The molecule has 0 spiro atoms. The van der Waals surface area contributed by atoms with Crippen molar-refractivity contribution >= 4 is 51.9 Å². The van der Waals surface area contributed by atoms with Gasteiger partial charge >= 0.3 is 0 Å². The highest BCUT2D eigenvalue weighted by molar-refractivity contribution is 8.18. The molecule has 3 aromatic rings. The van der Waals surface area contributed by atoms with Crippen molar-refractivity contribution in [2.45, 2.75) is 19.6 Å². The van der Waals surface area contributed by atoms with E-state index >= 15 is 0 Å². The Bertz CT molecular complexity index is 1390. The number of nitrogens with zero attached hydrogens (tertiary/aromatic N) is 4. The van der Waals surface area contributed by atoms with E-state index in [1.54, 1.807) is 23.1 Å². The number of hydrogen-bond donors (Lipinski definition) is 1. The Kier molecular flexibility index (Phi) is 5.97. The van der Waals surface area contributed by atoms with E-state index in [1.165, 1.54) is 23.9 Å². The Hall–Kier alpha value is -3.43. The fourth-order valence-electron chi connectivity index (χ4n) is 3.89. The lowest BCUT2D eigenvalue weighted by molar-refractivity contribution is -0.114. The Morgan fingerprint density at radius 1 is 1.12 bits per heavy atom. The van der Waals surface area contributed by atoms with E-state index in [-0.39, 0.29) is 17.2 Å². The van der Waals surface area contributed by atoms with Gasteiger partial charge in [-0.05, 0) is 61.4 Å². The lowest BCUT2D eigenvalue weighted by Crippen LogP contribution is -2.41. The lowest BCUT2D eigenvalue weighted by Gasteiger charge is -2.24. The highest BCUT2D eigenvalue weighted by atomic mass is 32.2. The molecule has 34 heavy (non-hydrogen) atoms. The number of nitrogens with one attached hydrogen (secondary N) is 1. The van der Waals surface area contributed by atoms with Gasteiger partial charge in [0.05, 0.1) is 17.5 Å². The van der Waals surface area contributed by atoms with Crippen molar-refractivity contribution in [3.63, 3.8) is 0 Å². The third-order valence-electron chi connectivity index (χ3n) is 5.56. The first-order valence-corrected chi connectivity index (χ1v) is 12.3. The fourth-order valence-corrected chi connectivity index (χ4v) is 5.69. The summed E-state index contributed by atoms with van der Waals surface area (Å²) in [5.41, 5.74) is 4.81. The van der Waals surface area contributed by atoms with Crippen LogP contribution in [0.1, 0.15) is 22.5 Å². The number of carbonyl (C=O) groups is 1. The summed E-state index contributed by atoms with van der Waals surface area (Å²) in [6.07, 6.45) is 1.70. The van der Waals surface area contributed by atoms with Gasteiger partial charge < -0.3 is 4.57 Å². The monoisotopic (exact) mass is 489 g/mol. The number of rotatable bonds is 4. The first-order valence-electron chi connectivity index (χ1n) is 10.5. The van der Waals surface area contributed by atoms with Crippen LogP contribution in [0.2, 0.25) is 0 Å². The molecular formula is C25H20FN5OS2. The van der Waals surface area contributed by atoms with E-state index in [2.05, 4.69) is 9.39 Å². The number of hydrogen-bond acceptors (Lipinski definition) is 5. The van der Waals surface area contributed by atoms with Crippen LogP contribution < -0.4 is 0 Å². The van der Waals surface area contributed by atoms with Crippen molar-refractivity contribution in [2.75, 3.05) is 0 Å². The van der Waals surface area contributed by atoms with Crippen molar-refractivity contribution in [1.29, 1.82) is 5.41 Å². The number of benzene rings is 2. The third kappa shape index (κ3) is 4.12. The van der Waals surface area contributed by atoms with E-state index in [4.69, 9.17) is 5.41 Å². The van der Waals surface area contributed by atoms with Gasteiger partial charge in [0.25, 0.3) is 5.91 Å². The van der Waals surface area contributed by atoms with Gasteiger partial charge in [0.2, 0.25) is 5.17 Å². The molecule has 3 heterocycles. The Morgan fingerprint density at radius 3 is 2.59 bits per heavy atom. The Labute approximate surface area is 204 Å². The van der Waals surface area contributed by atoms with Crippen LogP contribution in [0.5, 0.6) is 0 Å². The molecule has 1 amide bonds. The smallest absolute Gasteiger partial charge is 0.283 e. The molecule has 1 N–H and O–H groups in total. The predicted molar refractivity (Wildman–Crippen MR) is 138 cm³/mol. The van der Waals surface area contributed by atoms with Crippen molar-refractivity contribution < 1.29 is 9.18 Å². The number of aliphatic imine (C=N–C) groups is 1. The lowest BCUT2D eigenvalue weighted by atomic mass is 10.1. The summed E-state index contributed by atoms with van der Waals surface area (Å²) < 4.78 is 19.8. The number of aryl methyl sites for hydroxylation is 1. The minimum Gasteiger partial charge on any atom is -0.318 e. The van der Waals surface area contributed by atoms with Crippen molar-refractivity contribution in [2.24, 2.45) is 9.39 Å². The van der Waals surface area contributed by atoms with Gasteiger partial charge in [0.15, 0.2) is 5.17 Å². The summed E-state index contributed by atoms with van der Waals surface area (Å²) in [6, 6.07) is 18.2. The molecule has 0 radical (unpaired) electrons. The van der Waals surface area contributed by atoms with E-state index < -0.39 is 5.91 Å². The van der Waals surface area contributed by atoms with Gasteiger partial charge in [-0.1, -0.05) is 42.1 Å². The zero-order valence-corrected chi connectivity index (χ0v) is 20.1. The fraction of sp³-hybridized carbons (Fsp3) is 0.120. The summed E-state index contributed by atoms with van der Waals surface area (Å²) in [4.78, 5) is 18.6. The van der Waals surface area contributed by atoms with Crippen molar-refractivity contribution in [3.05, 3.63) is 94.6 Å². The maximum Gasteiger partial charge on any atom is 0.283 e. The standard InChI is InChI=1S/C25H20FN5OS2/c1-15-12-18(16(2)30(15)20-10-8-19(26)9-11-20)13-21-22(27)31-24(28-23(21)32)34-29-25(31)33-14-17-6-4-3-5-7-17/h3-13,27H,14H2,1-2H3. The highest BCUT2D eigenvalue weighted by Crippen LogP contribution is 2.33. The molecule has 170 valence electrons. The van der Waals surface area contributed by atoms with Crippen LogP contribution in [0, 0.1) is 25.1 Å². The summed E-state index contributed by atoms with van der Waals surface area (Å²) in [5.74, 6) is 0.00336. The first-order chi connectivity index (χ1) is 16.4. The number of amidine groups is 3. The second-order valence-electron chi connectivity index (χ2n) is 7.82. The predicted octanol–water partition coefficient (Wildman–Crippen LogP) is 5.74. The molecule has 0 aliphatic carbocycles. The van der Waals surface area contributed by atoms with E-state index in [0.717, 1.165) is 40.2 Å². The van der Waals surface area contributed by atoms with E-state index in [1.807, 2.05) is 54.8 Å². The maximum atomic E-state index is 13.4. The molecule has 0 fully saturated rings. The zero-order chi connectivity index (χ0) is 23.8. The molecule has 9 heteroatoms. The second-order valence-corrected chi connectivity index (χ2v) is 9.49. The maximum absolute atomic E-state index is 13.4. The normalized spacial score (nSPS) is 16.7. The van der Waals surface area contributed by atoms with Gasteiger partial charge in [-0.2, -0.15) is 9.39 Å². The minimum absolute atomic E-state index is 0.0610. The summed E-state index contributed by atoms with van der Waals surface area (Å²) in [7, 11) is 0. The number of aromatic nitrogens is 1. The molecule has 1 aromatic heterocycles. The van der Waals surface area contributed by atoms with Crippen LogP contribution >= 0.6 is 23.7 Å². The number of fused-ring (bicyclic) bond motifs is 1. The van der Waals surface area contributed by atoms with Crippen LogP contribution in [-0.2, 0) is 10.5 Å². The molecule has 2 aliphatic heterocycles. The Morgan fingerprint density at radius 2 is 1.85 bits per heavy atom. The number of carbonyl (C=O) groups excluding carboxylic acids is 1. The van der Waals surface area contributed by atoms with E-state index in [9.17, 15) is 9.18 Å². The molecule has 5 rings (SSSR count). The van der Waals surface area contributed by atoms with Gasteiger partial charge in [-0.25, -0.2) is 9.29 Å². The molecular weight excluding hydrogens is 469 g/mol. The summed E-state index contributed by atoms with van der Waals surface area (Å²) in [5, 5.41) is 9.82. The van der Waals surface area contributed by atoms with Crippen molar-refractivity contribution in [1.82, 2.24) is 9.47 Å². The molecule has 0 saturated heterocycles. The average molecular weight is 490 g/mol. The first kappa shape index (κ1) is 22.4. The van der Waals surface area contributed by atoms with Crippen LogP contribution in [0.15, 0.2) is 75.6 Å². The van der Waals surface area contributed by atoms with Crippen molar-refractivity contribution in [3.8, 4) is 5.69 Å². The summed E-state index contributed by atoms with van der Waals surface area (Å²) in [6.45, 7) is 3.88. The van der Waals surface area contributed by atoms with Crippen LogP contribution in [0.3, 0.4) is 0 Å². The molecule has 0 saturated carbocycles. The Balaban J connectivity index is 1.44. The molecule has 0 unspecified atom stereocenters. The van der Waals surface area contributed by atoms with Gasteiger partial charge in [-0.3, -0.25) is 10.2 Å². The quantitative estimate of drug-likeness (QED) is 0.374. The van der Waals surface area contributed by atoms with Crippen LogP contribution in [-0.4, -0.2) is 31.5 Å². The molecule has 2 aliphatic rings. The topological polar surface area (TPSA) is 73.8 Å². The van der Waals surface area contributed by atoms with Gasteiger partial charge in [-0.15, -0.1) is 0 Å². The average Bonchev–Trinajstić information content (AvgIpc) is 3.36. The molecule has 0 bridgehead atoms. The van der Waals surface area contributed by atoms with E-state index in [0.29, 0.717) is 16.1 Å². The molecule has 0 atom stereocenters. The number of halogens is 1. The zero-order valence-electron chi connectivity index (χ0n) is 18.4. The number of thioether (sulfide) groups is 1. The van der Waals surface area contributed by atoms with Crippen LogP contribution in [0.25, 0.3) is 11.8 Å². The molecule has 2 aromatic carbocycles. The minimum atomic E-state index is -0.458. The largest absolute Gasteiger partial charge is 0.318 e. The van der Waals surface area contributed by atoms with Crippen LogP contribution in [0.4, 0.5) is 4.39 Å². The highest BCUT2D eigenvalue weighted by Gasteiger charge is 2.37. The summed E-state index contributed by atoms with van der Waals surface area (Å²) >= 11 is 2.62. The van der Waals surface area contributed by atoms with Gasteiger partial charge in [0, 0.05) is 22.8 Å². The SMILES string of the molecule is Cc1cc(C=C2C(=N)N3C(SCc4ccccc4)=NSC3=NC2=O)c(C)n1-c1ccc(F)cc1. The van der Waals surface area contributed by atoms with Gasteiger partial charge in [0.1, 0.15) is 11.7 Å². The second kappa shape index (κ2) is 9.08. The third-order valence-corrected chi connectivity index (χ3v) is 7.39. The number of amides is 1.